The molecule has 0 aromatic heterocycles. The summed E-state index contributed by atoms with van der Waals surface area (Å²) in [6.45, 7) is 9.96. The van der Waals surface area contributed by atoms with Crippen LogP contribution in [0.2, 0.25) is 0 Å². The normalized spacial score (nSPS) is 19.5. The van der Waals surface area contributed by atoms with E-state index >= 15 is 0 Å². The van der Waals surface area contributed by atoms with Gasteiger partial charge in [-0.25, -0.2) is 0 Å². The van der Waals surface area contributed by atoms with E-state index in [0.29, 0.717) is 5.41 Å². The number of aliphatic hydroxyl groups excluding tert-OH is 1. The molecule has 0 aliphatic heterocycles. The van der Waals surface area contributed by atoms with Crippen LogP contribution in [0.1, 0.15) is 47.0 Å². The van der Waals surface area contributed by atoms with E-state index in [4.69, 9.17) is 5.11 Å². The quantitative estimate of drug-likeness (QED) is 0.711. The van der Waals surface area contributed by atoms with Crippen molar-refractivity contribution in [3.63, 3.8) is 0 Å². The van der Waals surface area contributed by atoms with Crippen LogP contribution in [0.5, 0.6) is 0 Å². The van der Waals surface area contributed by atoms with Gasteiger partial charge in [0.1, 0.15) is 0 Å². The van der Waals surface area contributed by atoms with E-state index < -0.39 is 0 Å². The van der Waals surface area contributed by atoms with Crippen LogP contribution >= 0.6 is 0 Å². The lowest BCUT2D eigenvalue weighted by atomic mass is 9.67. The number of rotatable bonds is 5. The summed E-state index contributed by atoms with van der Waals surface area (Å²) >= 11 is 0. The van der Waals surface area contributed by atoms with Gasteiger partial charge in [0.15, 0.2) is 0 Å². The summed E-state index contributed by atoms with van der Waals surface area (Å²) in [5.41, 5.74) is 0.242. The Labute approximate surface area is 88.1 Å². The topological polar surface area (TPSA) is 32.3 Å². The summed E-state index contributed by atoms with van der Waals surface area (Å²) in [5, 5.41) is 12.6. The predicted molar refractivity (Wildman–Crippen MR) is 60.3 cm³/mol. The number of aliphatic hydroxyl groups is 1. The smallest absolute Gasteiger partial charge is 0.0607 e. The van der Waals surface area contributed by atoms with E-state index in [0.717, 1.165) is 12.5 Å². The largest absolute Gasteiger partial charge is 0.394 e. The zero-order valence-corrected chi connectivity index (χ0v) is 10.1. The van der Waals surface area contributed by atoms with Crippen LogP contribution in [0, 0.1) is 11.3 Å². The van der Waals surface area contributed by atoms with Crippen molar-refractivity contribution in [2.45, 2.75) is 52.5 Å². The molecule has 0 atom stereocenters. The number of nitrogens with one attached hydrogen (secondary N) is 1. The fourth-order valence-electron chi connectivity index (χ4n) is 1.86. The molecule has 1 rings (SSSR count). The van der Waals surface area contributed by atoms with Gasteiger partial charge >= 0.3 is 0 Å². The van der Waals surface area contributed by atoms with Crippen molar-refractivity contribution >= 4 is 0 Å². The molecule has 0 amide bonds. The Balaban J connectivity index is 2.35. The third-order valence-corrected chi connectivity index (χ3v) is 3.63. The highest BCUT2D eigenvalue weighted by Crippen LogP contribution is 2.41. The van der Waals surface area contributed by atoms with E-state index in [1.165, 1.54) is 19.3 Å². The van der Waals surface area contributed by atoms with Gasteiger partial charge in [-0.2, -0.15) is 0 Å². The van der Waals surface area contributed by atoms with Crippen LogP contribution in [0.3, 0.4) is 0 Å². The molecular formula is C12H25NO. The lowest BCUT2D eigenvalue weighted by molar-refractivity contribution is 0.0969. The zero-order valence-electron chi connectivity index (χ0n) is 10.1. The van der Waals surface area contributed by atoms with Crippen LogP contribution in [0.15, 0.2) is 0 Å². The summed E-state index contributed by atoms with van der Waals surface area (Å²) in [6.07, 6.45) is 4.17. The molecule has 0 aromatic rings. The molecule has 0 bridgehead atoms. The molecule has 2 heteroatoms. The predicted octanol–water partition coefficient (Wildman–Crippen LogP) is 2.17. The zero-order chi connectivity index (χ0) is 10.8. The number of hydrogen-bond donors (Lipinski definition) is 2. The van der Waals surface area contributed by atoms with E-state index in [1.807, 2.05) is 13.8 Å². The van der Waals surface area contributed by atoms with Crippen molar-refractivity contribution < 1.29 is 5.11 Å². The van der Waals surface area contributed by atoms with Gasteiger partial charge in [-0.1, -0.05) is 20.3 Å². The molecule has 2 nitrogen and oxygen atoms in total. The van der Waals surface area contributed by atoms with Crippen LogP contribution in [-0.4, -0.2) is 23.8 Å². The van der Waals surface area contributed by atoms with Crippen LogP contribution in [0.25, 0.3) is 0 Å². The first-order valence-electron chi connectivity index (χ1n) is 5.73. The Morgan fingerprint density at radius 2 is 1.79 bits per heavy atom. The summed E-state index contributed by atoms with van der Waals surface area (Å²) in [5.74, 6) is 0.879. The van der Waals surface area contributed by atoms with Gasteiger partial charge in [-0.15, -0.1) is 0 Å². The Bertz CT molecular complexity index is 183. The highest BCUT2D eigenvalue weighted by atomic mass is 16.3. The average Bonchev–Trinajstić information content (AvgIpc) is 1.97. The molecular weight excluding hydrogens is 174 g/mol. The lowest BCUT2D eigenvalue weighted by Crippen LogP contribution is -2.49. The van der Waals surface area contributed by atoms with Gasteiger partial charge in [0, 0.05) is 12.1 Å². The molecule has 2 N–H and O–H groups in total. The summed E-state index contributed by atoms with van der Waals surface area (Å²) in [7, 11) is 0. The first kappa shape index (κ1) is 12.0. The van der Waals surface area contributed by atoms with Gasteiger partial charge in [0.2, 0.25) is 0 Å². The molecule has 1 fully saturated rings. The summed E-state index contributed by atoms with van der Waals surface area (Å²) < 4.78 is 0. The molecule has 0 unspecified atom stereocenters. The molecule has 14 heavy (non-hydrogen) atoms. The van der Waals surface area contributed by atoms with E-state index in [9.17, 15) is 0 Å². The molecule has 0 heterocycles. The molecule has 0 radical (unpaired) electrons. The van der Waals surface area contributed by atoms with Gasteiger partial charge in [-0.3, -0.25) is 0 Å². The second-order valence-electron chi connectivity index (χ2n) is 6.01. The minimum atomic E-state index is -0.138. The second kappa shape index (κ2) is 4.19. The molecule has 0 saturated heterocycles. The Morgan fingerprint density at radius 1 is 1.21 bits per heavy atom. The third kappa shape index (κ3) is 2.96. The Morgan fingerprint density at radius 3 is 2.14 bits per heavy atom. The van der Waals surface area contributed by atoms with Gasteiger partial charge in [0.25, 0.3) is 0 Å². The molecule has 1 aliphatic rings. The van der Waals surface area contributed by atoms with Crippen molar-refractivity contribution in [2.24, 2.45) is 11.3 Å². The van der Waals surface area contributed by atoms with Crippen molar-refractivity contribution in [3.05, 3.63) is 0 Å². The monoisotopic (exact) mass is 199 g/mol. The van der Waals surface area contributed by atoms with Crippen molar-refractivity contribution in [1.29, 1.82) is 0 Å². The molecule has 1 saturated carbocycles. The van der Waals surface area contributed by atoms with Crippen molar-refractivity contribution in [3.8, 4) is 0 Å². The van der Waals surface area contributed by atoms with Crippen LogP contribution in [0.4, 0.5) is 0 Å². The maximum Gasteiger partial charge on any atom is 0.0607 e. The van der Waals surface area contributed by atoms with Gasteiger partial charge in [0.05, 0.1) is 6.61 Å². The first-order chi connectivity index (χ1) is 6.37. The van der Waals surface area contributed by atoms with E-state index in [1.54, 1.807) is 0 Å². The molecule has 1 aliphatic carbocycles. The molecule has 0 aromatic carbocycles. The third-order valence-electron chi connectivity index (χ3n) is 3.63. The minimum absolute atomic E-state index is 0.138. The lowest BCUT2D eigenvalue weighted by Gasteiger charge is -2.42. The fourth-order valence-corrected chi connectivity index (χ4v) is 1.86. The van der Waals surface area contributed by atoms with Crippen molar-refractivity contribution in [2.75, 3.05) is 13.2 Å². The first-order valence-corrected chi connectivity index (χ1v) is 5.73. The maximum absolute atomic E-state index is 9.14. The Hall–Kier alpha value is -0.0800. The number of hydrogen-bond acceptors (Lipinski definition) is 2. The van der Waals surface area contributed by atoms with Gasteiger partial charge in [-0.05, 0) is 38.0 Å². The van der Waals surface area contributed by atoms with E-state index in [-0.39, 0.29) is 12.1 Å². The molecule has 0 spiro atoms. The fraction of sp³-hybridized carbons (Fsp3) is 1.00. The minimum Gasteiger partial charge on any atom is -0.394 e. The SMILES string of the molecule is CC(C)(CO)NCC(C)(C)C1CCC1. The highest BCUT2D eigenvalue weighted by molar-refractivity contribution is 4.88. The Kier molecular flexibility index (Phi) is 3.59. The van der Waals surface area contributed by atoms with Crippen LogP contribution < -0.4 is 5.32 Å². The average molecular weight is 199 g/mol. The standard InChI is InChI=1S/C12H25NO/c1-11(2,10-6-5-7-10)8-13-12(3,4)9-14/h10,13-14H,5-9H2,1-4H3. The summed E-state index contributed by atoms with van der Waals surface area (Å²) in [6, 6.07) is 0. The van der Waals surface area contributed by atoms with Crippen LogP contribution in [-0.2, 0) is 0 Å². The second-order valence-corrected chi connectivity index (χ2v) is 6.01. The molecule has 84 valence electrons. The van der Waals surface area contributed by atoms with E-state index in [2.05, 4.69) is 19.2 Å². The summed E-state index contributed by atoms with van der Waals surface area (Å²) in [4.78, 5) is 0. The maximum atomic E-state index is 9.14. The highest BCUT2D eigenvalue weighted by Gasteiger charge is 2.34. The van der Waals surface area contributed by atoms with Crippen molar-refractivity contribution in [1.82, 2.24) is 5.32 Å². The van der Waals surface area contributed by atoms with Gasteiger partial charge < -0.3 is 10.4 Å².